The number of para-hydroxylation sites is 2. The quantitative estimate of drug-likeness (QED) is 0.602. The fourth-order valence-corrected chi connectivity index (χ4v) is 3.07. The maximum absolute atomic E-state index is 11.6. The molecule has 0 unspecified atom stereocenters. The predicted octanol–water partition coefficient (Wildman–Crippen LogP) is 4.45. The van der Waals surface area contributed by atoms with Crippen LogP contribution in [0.5, 0.6) is 0 Å². The Morgan fingerprint density at radius 3 is 2.36 bits per heavy atom. The van der Waals surface area contributed by atoms with Crippen molar-refractivity contribution in [2.24, 2.45) is 0 Å². The molecule has 0 aliphatic heterocycles. The number of carboxylic acids is 1. The summed E-state index contributed by atoms with van der Waals surface area (Å²) in [5.74, 6) is -0.281. The summed E-state index contributed by atoms with van der Waals surface area (Å²) in [6.07, 6.45) is 0. The molecular weight excluding hydrogens is 312 g/mol. The summed E-state index contributed by atoms with van der Waals surface area (Å²) in [4.78, 5) is 16.4. The summed E-state index contributed by atoms with van der Waals surface area (Å²) in [5, 5.41) is 9.55. The fourth-order valence-electron chi connectivity index (χ4n) is 3.07. The Labute approximate surface area is 145 Å². The normalized spacial score (nSPS) is 10.9. The van der Waals surface area contributed by atoms with Gasteiger partial charge in [0, 0.05) is 12.1 Å². The minimum absolute atomic E-state index is 0.257. The lowest BCUT2D eigenvalue weighted by Crippen LogP contribution is -2.06. The molecule has 4 rings (SSSR count). The van der Waals surface area contributed by atoms with Crippen molar-refractivity contribution in [1.82, 2.24) is 9.55 Å². The van der Waals surface area contributed by atoms with Crippen LogP contribution in [0.2, 0.25) is 0 Å². The van der Waals surface area contributed by atoms with Gasteiger partial charge in [0.2, 0.25) is 0 Å². The van der Waals surface area contributed by atoms with Crippen LogP contribution in [0.3, 0.4) is 0 Å². The molecule has 0 spiro atoms. The summed E-state index contributed by atoms with van der Waals surface area (Å²) in [5.41, 5.74) is 3.86. The Morgan fingerprint density at radius 2 is 1.56 bits per heavy atom. The summed E-state index contributed by atoms with van der Waals surface area (Å²) in [6, 6.07) is 25.0. The van der Waals surface area contributed by atoms with Crippen LogP contribution in [0.4, 0.5) is 0 Å². The average molecular weight is 328 g/mol. The van der Waals surface area contributed by atoms with E-state index in [0.29, 0.717) is 17.9 Å². The SMILES string of the molecule is O=C(O)c1ccccc1-c1nc2ccccc2n1Cc1ccccc1. The number of carboxylic acid groups (broad SMARTS) is 1. The van der Waals surface area contributed by atoms with E-state index in [1.54, 1.807) is 12.1 Å². The molecule has 25 heavy (non-hydrogen) atoms. The zero-order chi connectivity index (χ0) is 17.2. The fraction of sp³-hybridized carbons (Fsp3) is 0.0476. The van der Waals surface area contributed by atoms with Crippen LogP contribution in [0.1, 0.15) is 15.9 Å². The lowest BCUT2D eigenvalue weighted by Gasteiger charge is -2.11. The lowest BCUT2D eigenvalue weighted by molar-refractivity contribution is 0.0697. The number of nitrogens with zero attached hydrogens (tertiary/aromatic N) is 2. The molecule has 122 valence electrons. The Balaban J connectivity index is 1.95. The van der Waals surface area contributed by atoms with Gasteiger partial charge in [0.1, 0.15) is 5.82 Å². The highest BCUT2D eigenvalue weighted by Crippen LogP contribution is 2.28. The number of aromatic nitrogens is 2. The Kier molecular flexibility index (Phi) is 3.78. The number of imidazole rings is 1. The monoisotopic (exact) mass is 328 g/mol. The highest BCUT2D eigenvalue weighted by Gasteiger charge is 2.18. The van der Waals surface area contributed by atoms with Crippen LogP contribution in [0.25, 0.3) is 22.4 Å². The highest BCUT2D eigenvalue weighted by molar-refractivity contribution is 5.96. The van der Waals surface area contributed by atoms with Gasteiger partial charge in [-0.15, -0.1) is 0 Å². The van der Waals surface area contributed by atoms with Crippen molar-refractivity contribution in [2.75, 3.05) is 0 Å². The minimum atomic E-state index is -0.950. The zero-order valence-electron chi connectivity index (χ0n) is 13.5. The molecule has 0 saturated carbocycles. The van der Waals surface area contributed by atoms with Gasteiger partial charge < -0.3 is 9.67 Å². The van der Waals surface area contributed by atoms with Crippen molar-refractivity contribution in [3.63, 3.8) is 0 Å². The molecule has 0 amide bonds. The number of hydrogen-bond donors (Lipinski definition) is 1. The summed E-state index contributed by atoms with van der Waals surface area (Å²) in [7, 11) is 0. The van der Waals surface area contributed by atoms with Gasteiger partial charge in [0.15, 0.2) is 0 Å². The Bertz CT molecular complexity index is 1050. The third-order valence-electron chi connectivity index (χ3n) is 4.24. The molecule has 0 atom stereocenters. The lowest BCUT2D eigenvalue weighted by atomic mass is 10.1. The first-order chi connectivity index (χ1) is 12.2. The van der Waals surface area contributed by atoms with Crippen LogP contribution in [-0.4, -0.2) is 20.6 Å². The first-order valence-electron chi connectivity index (χ1n) is 8.06. The maximum atomic E-state index is 11.6. The summed E-state index contributed by atoms with van der Waals surface area (Å²) >= 11 is 0. The number of rotatable bonds is 4. The second-order valence-electron chi connectivity index (χ2n) is 5.85. The number of aromatic carboxylic acids is 1. The van der Waals surface area contributed by atoms with Gasteiger partial charge in [-0.25, -0.2) is 9.78 Å². The molecule has 0 radical (unpaired) electrons. The first kappa shape index (κ1) is 15.1. The molecule has 1 aromatic heterocycles. The van der Waals surface area contributed by atoms with E-state index in [9.17, 15) is 9.90 Å². The average Bonchev–Trinajstić information content (AvgIpc) is 3.01. The summed E-state index contributed by atoms with van der Waals surface area (Å²) in [6.45, 7) is 0.630. The molecule has 4 heteroatoms. The molecular formula is C21H16N2O2. The minimum Gasteiger partial charge on any atom is -0.478 e. The van der Waals surface area contributed by atoms with E-state index in [1.165, 1.54) is 0 Å². The first-order valence-corrected chi connectivity index (χ1v) is 8.06. The van der Waals surface area contributed by atoms with Crippen molar-refractivity contribution < 1.29 is 9.90 Å². The second kappa shape index (κ2) is 6.24. The van der Waals surface area contributed by atoms with Gasteiger partial charge in [0.25, 0.3) is 0 Å². The van der Waals surface area contributed by atoms with Gasteiger partial charge in [0.05, 0.1) is 16.6 Å². The van der Waals surface area contributed by atoms with Crippen molar-refractivity contribution in [3.05, 3.63) is 90.0 Å². The number of carbonyl (C=O) groups is 1. The van der Waals surface area contributed by atoms with E-state index in [4.69, 9.17) is 4.98 Å². The number of hydrogen-bond acceptors (Lipinski definition) is 2. The van der Waals surface area contributed by atoms with Crippen LogP contribution in [0.15, 0.2) is 78.9 Å². The molecule has 4 aromatic rings. The number of fused-ring (bicyclic) bond motifs is 1. The standard InChI is InChI=1S/C21H16N2O2/c24-21(25)17-11-5-4-10-16(17)20-22-18-12-6-7-13-19(18)23(20)14-15-8-2-1-3-9-15/h1-13H,14H2,(H,24,25). The molecule has 0 bridgehead atoms. The second-order valence-corrected chi connectivity index (χ2v) is 5.85. The molecule has 0 aliphatic rings. The predicted molar refractivity (Wildman–Crippen MR) is 97.7 cm³/mol. The van der Waals surface area contributed by atoms with E-state index >= 15 is 0 Å². The Hall–Kier alpha value is -3.40. The van der Waals surface area contributed by atoms with Gasteiger partial charge in [-0.2, -0.15) is 0 Å². The zero-order valence-corrected chi connectivity index (χ0v) is 13.5. The largest absolute Gasteiger partial charge is 0.478 e. The maximum Gasteiger partial charge on any atom is 0.336 e. The van der Waals surface area contributed by atoms with Gasteiger partial charge in [-0.05, 0) is 23.8 Å². The third-order valence-corrected chi connectivity index (χ3v) is 4.24. The molecule has 0 saturated heterocycles. The molecule has 0 fully saturated rings. The van der Waals surface area contributed by atoms with Crippen molar-refractivity contribution in [3.8, 4) is 11.4 Å². The van der Waals surface area contributed by atoms with Crippen LogP contribution >= 0.6 is 0 Å². The van der Waals surface area contributed by atoms with Crippen molar-refractivity contribution in [2.45, 2.75) is 6.54 Å². The third kappa shape index (κ3) is 2.78. The molecule has 1 heterocycles. The molecule has 1 N–H and O–H groups in total. The van der Waals surface area contributed by atoms with Crippen molar-refractivity contribution >= 4 is 17.0 Å². The Morgan fingerprint density at radius 1 is 0.880 bits per heavy atom. The molecule has 0 aliphatic carbocycles. The van der Waals surface area contributed by atoms with Crippen LogP contribution in [0, 0.1) is 0 Å². The van der Waals surface area contributed by atoms with Crippen molar-refractivity contribution in [1.29, 1.82) is 0 Å². The van der Waals surface area contributed by atoms with E-state index < -0.39 is 5.97 Å². The summed E-state index contributed by atoms with van der Waals surface area (Å²) < 4.78 is 2.08. The van der Waals surface area contributed by atoms with Gasteiger partial charge in [-0.1, -0.05) is 60.7 Å². The highest BCUT2D eigenvalue weighted by atomic mass is 16.4. The van der Waals surface area contributed by atoms with E-state index in [-0.39, 0.29) is 5.56 Å². The number of benzene rings is 3. The smallest absolute Gasteiger partial charge is 0.336 e. The molecule has 4 nitrogen and oxygen atoms in total. The van der Waals surface area contributed by atoms with E-state index in [0.717, 1.165) is 16.6 Å². The van der Waals surface area contributed by atoms with E-state index in [2.05, 4.69) is 16.7 Å². The topological polar surface area (TPSA) is 55.1 Å². The van der Waals surface area contributed by atoms with Gasteiger partial charge >= 0.3 is 5.97 Å². The van der Waals surface area contributed by atoms with Gasteiger partial charge in [-0.3, -0.25) is 0 Å². The van der Waals surface area contributed by atoms with Crippen LogP contribution in [-0.2, 0) is 6.54 Å². The van der Waals surface area contributed by atoms with Crippen LogP contribution < -0.4 is 0 Å². The van der Waals surface area contributed by atoms with E-state index in [1.807, 2.05) is 54.6 Å². The molecule has 3 aromatic carbocycles.